The number of fused-ring (bicyclic) bond motifs is 1. The maximum Gasteiger partial charge on any atom is 0.253 e. The Morgan fingerprint density at radius 2 is 2.04 bits per heavy atom. The minimum atomic E-state index is -0.299. The first-order valence-corrected chi connectivity index (χ1v) is 9.55. The maximum absolute atomic E-state index is 13.7. The zero-order valence-corrected chi connectivity index (χ0v) is 15.6. The van der Waals surface area contributed by atoms with Crippen LogP contribution in [0.15, 0.2) is 48.5 Å². The first kappa shape index (κ1) is 18.9. The highest BCUT2D eigenvalue weighted by atomic mass is 19.1. The average Bonchev–Trinajstić information content (AvgIpc) is 3.13. The second-order valence-electron chi connectivity index (χ2n) is 7.63. The van der Waals surface area contributed by atoms with Crippen LogP contribution in [0.3, 0.4) is 0 Å². The van der Waals surface area contributed by atoms with E-state index in [4.69, 9.17) is 9.47 Å². The van der Waals surface area contributed by atoms with Crippen molar-refractivity contribution in [2.24, 2.45) is 11.3 Å². The smallest absolute Gasteiger partial charge is 0.253 e. The number of likely N-dealkylation sites (tertiary alicyclic amines) is 1. The van der Waals surface area contributed by atoms with E-state index in [0.717, 1.165) is 6.42 Å². The molecule has 2 aromatic rings. The average molecular weight is 385 g/mol. The number of amides is 1. The van der Waals surface area contributed by atoms with Crippen LogP contribution in [-0.2, 0) is 11.3 Å². The van der Waals surface area contributed by atoms with Crippen molar-refractivity contribution in [2.45, 2.75) is 13.0 Å². The fraction of sp³-hybridized carbons (Fsp3) is 0.409. The molecule has 148 valence electrons. The Balaban J connectivity index is 1.40. The molecule has 1 N–H and O–H groups in total. The Hall–Kier alpha value is -2.44. The van der Waals surface area contributed by atoms with E-state index in [0.29, 0.717) is 43.2 Å². The van der Waals surface area contributed by atoms with Crippen molar-refractivity contribution in [1.29, 1.82) is 0 Å². The van der Waals surface area contributed by atoms with E-state index in [9.17, 15) is 14.3 Å². The van der Waals surface area contributed by atoms with E-state index in [1.54, 1.807) is 42.5 Å². The molecule has 0 aliphatic carbocycles. The van der Waals surface area contributed by atoms with Crippen LogP contribution in [0.4, 0.5) is 4.39 Å². The number of carbonyl (C=O) groups is 1. The lowest BCUT2D eigenvalue weighted by Gasteiger charge is -2.36. The predicted molar refractivity (Wildman–Crippen MR) is 102 cm³/mol. The second-order valence-corrected chi connectivity index (χ2v) is 7.63. The van der Waals surface area contributed by atoms with Crippen LogP contribution in [0.2, 0.25) is 0 Å². The molecule has 0 saturated carbocycles. The molecule has 6 heteroatoms. The van der Waals surface area contributed by atoms with Gasteiger partial charge in [0.2, 0.25) is 0 Å². The van der Waals surface area contributed by atoms with Crippen LogP contribution in [0.25, 0.3) is 0 Å². The van der Waals surface area contributed by atoms with Gasteiger partial charge >= 0.3 is 0 Å². The molecule has 28 heavy (non-hydrogen) atoms. The van der Waals surface area contributed by atoms with Crippen molar-refractivity contribution in [3.8, 4) is 5.75 Å². The fourth-order valence-electron chi connectivity index (χ4n) is 4.11. The third-order valence-electron chi connectivity index (χ3n) is 5.93. The van der Waals surface area contributed by atoms with Gasteiger partial charge in [-0.05, 0) is 36.8 Å². The van der Waals surface area contributed by atoms with Gasteiger partial charge in [-0.15, -0.1) is 0 Å². The normalized spacial score (nSPS) is 24.1. The molecule has 0 aromatic heterocycles. The Morgan fingerprint density at radius 1 is 1.25 bits per heavy atom. The molecule has 0 unspecified atom stereocenters. The van der Waals surface area contributed by atoms with Crippen molar-refractivity contribution in [2.75, 3.05) is 32.9 Å². The van der Waals surface area contributed by atoms with Gasteiger partial charge < -0.3 is 19.5 Å². The summed E-state index contributed by atoms with van der Waals surface area (Å²) in [7, 11) is 0. The molecule has 2 heterocycles. The molecule has 5 nitrogen and oxygen atoms in total. The van der Waals surface area contributed by atoms with Gasteiger partial charge in [-0.25, -0.2) is 4.39 Å². The maximum atomic E-state index is 13.7. The Labute approximate surface area is 163 Å². The summed E-state index contributed by atoms with van der Waals surface area (Å²) in [5, 5.41) is 9.89. The number of aliphatic hydroxyl groups excluding tert-OH is 1. The number of rotatable bonds is 5. The number of carbonyl (C=O) groups excluding carboxylic acids is 1. The molecule has 0 radical (unpaired) electrons. The molecule has 4 rings (SSSR count). The number of nitrogens with zero attached hydrogens (tertiary/aromatic N) is 1. The first-order valence-electron chi connectivity index (χ1n) is 9.55. The van der Waals surface area contributed by atoms with Gasteiger partial charge in [0, 0.05) is 42.2 Å². The van der Waals surface area contributed by atoms with Crippen molar-refractivity contribution >= 4 is 5.91 Å². The topological polar surface area (TPSA) is 59.0 Å². The van der Waals surface area contributed by atoms with Gasteiger partial charge in [-0.1, -0.05) is 18.2 Å². The van der Waals surface area contributed by atoms with Crippen LogP contribution in [0.1, 0.15) is 22.3 Å². The molecular weight excluding hydrogens is 361 g/mol. The summed E-state index contributed by atoms with van der Waals surface area (Å²) < 4.78 is 24.8. The molecule has 0 bridgehead atoms. The highest BCUT2D eigenvalue weighted by molar-refractivity contribution is 5.94. The summed E-state index contributed by atoms with van der Waals surface area (Å²) in [6, 6.07) is 13.4. The van der Waals surface area contributed by atoms with E-state index >= 15 is 0 Å². The van der Waals surface area contributed by atoms with Gasteiger partial charge in [-0.2, -0.15) is 0 Å². The van der Waals surface area contributed by atoms with Crippen LogP contribution in [-0.4, -0.2) is 48.8 Å². The molecule has 2 aromatic carbocycles. The monoisotopic (exact) mass is 385 g/mol. The summed E-state index contributed by atoms with van der Waals surface area (Å²) in [6.07, 6.45) is 0.779. The molecule has 2 fully saturated rings. The van der Waals surface area contributed by atoms with Crippen molar-refractivity contribution in [3.63, 3.8) is 0 Å². The third kappa shape index (κ3) is 3.62. The Kier molecular flexibility index (Phi) is 5.33. The largest absolute Gasteiger partial charge is 0.489 e. The molecule has 2 atom stereocenters. The lowest BCUT2D eigenvalue weighted by atomic mass is 9.75. The zero-order valence-electron chi connectivity index (χ0n) is 15.6. The summed E-state index contributed by atoms with van der Waals surface area (Å²) in [4.78, 5) is 14.7. The standard InChI is InChI=1S/C22H24FNO4/c23-20-4-2-1-3-17(20)12-28-19-7-5-16(6-8-19)21(26)24-11-18-13-27-10-9-22(18,14-24)15-25/h1-8,18,25H,9-15H2/t18-,22-/m1/s1. The quantitative estimate of drug-likeness (QED) is 0.860. The molecule has 1 amide bonds. The fourth-order valence-corrected chi connectivity index (χ4v) is 4.11. The van der Waals surface area contributed by atoms with Crippen LogP contribution < -0.4 is 4.74 Å². The molecule has 2 saturated heterocycles. The minimum Gasteiger partial charge on any atom is -0.489 e. The second kappa shape index (κ2) is 7.89. The number of benzene rings is 2. The highest BCUT2D eigenvalue weighted by Gasteiger charge is 2.49. The predicted octanol–water partition coefficient (Wildman–Crippen LogP) is 2.88. The number of halogens is 1. The SMILES string of the molecule is O=C(c1ccc(OCc2ccccc2F)cc1)N1C[C@@H]2COCC[C@]2(CO)C1. The van der Waals surface area contributed by atoms with Crippen LogP contribution in [0, 0.1) is 17.2 Å². The van der Waals surface area contributed by atoms with E-state index in [-0.39, 0.29) is 36.3 Å². The lowest BCUT2D eigenvalue weighted by molar-refractivity contribution is -0.0415. The molecular formula is C22H24FNO4. The molecule has 2 aliphatic rings. The van der Waals surface area contributed by atoms with E-state index in [1.165, 1.54) is 6.07 Å². The van der Waals surface area contributed by atoms with E-state index < -0.39 is 0 Å². The van der Waals surface area contributed by atoms with Gasteiger partial charge in [0.15, 0.2) is 0 Å². The molecule has 2 aliphatic heterocycles. The number of hydrogen-bond donors (Lipinski definition) is 1. The number of ether oxygens (including phenoxy) is 2. The Morgan fingerprint density at radius 3 is 2.75 bits per heavy atom. The minimum absolute atomic E-state index is 0.0529. The Bertz CT molecular complexity index is 841. The van der Waals surface area contributed by atoms with Gasteiger partial charge in [0.1, 0.15) is 18.2 Å². The van der Waals surface area contributed by atoms with Gasteiger partial charge in [0.05, 0.1) is 13.2 Å². The van der Waals surface area contributed by atoms with Gasteiger partial charge in [0.25, 0.3) is 5.91 Å². The third-order valence-corrected chi connectivity index (χ3v) is 5.93. The number of hydrogen-bond acceptors (Lipinski definition) is 4. The zero-order chi connectivity index (χ0) is 19.6. The highest BCUT2D eigenvalue weighted by Crippen LogP contribution is 2.42. The van der Waals surface area contributed by atoms with Crippen LogP contribution in [0.5, 0.6) is 5.75 Å². The summed E-state index contributed by atoms with van der Waals surface area (Å²) in [5.41, 5.74) is 0.821. The van der Waals surface area contributed by atoms with Crippen LogP contribution >= 0.6 is 0 Å². The summed E-state index contributed by atoms with van der Waals surface area (Å²) in [5.74, 6) is 0.406. The summed E-state index contributed by atoms with van der Waals surface area (Å²) >= 11 is 0. The molecule has 0 spiro atoms. The van der Waals surface area contributed by atoms with E-state index in [1.807, 2.05) is 4.90 Å². The van der Waals surface area contributed by atoms with E-state index in [2.05, 4.69) is 0 Å². The van der Waals surface area contributed by atoms with Crippen molar-refractivity contribution in [3.05, 3.63) is 65.5 Å². The first-order chi connectivity index (χ1) is 13.6. The van der Waals surface area contributed by atoms with Gasteiger partial charge in [-0.3, -0.25) is 4.79 Å². The van der Waals surface area contributed by atoms with Crippen molar-refractivity contribution in [1.82, 2.24) is 4.90 Å². The summed E-state index contributed by atoms with van der Waals surface area (Å²) in [6.45, 7) is 2.59. The number of aliphatic hydroxyl groups is 1. The lowest BCUT2D eigenvalue weighted by Crippen LogP contribution is -2.41. The van der Waals surface area contributed by atoms with Crippen molar-refractivity contribution < 1.29 is 23.8 Å².